The molecule has 0 heterocycles. The molecule has 3 aliphatic rings. The van der Waals surface area contributed by atoms with E-state index in [1.54, 1.807) is 30.3 Å². The predicted octanol–water partition coefficient (Wildman–Crippen LogP) is 6.05. The normalized spacial score (nSPS) is 25.0. The highest BCUT2D eigenvalue weighted by Gasteiger charge is 2.72. The Labute approximate surface area is 254 Å². The highest BCUT2D eigenvalue weighted by molar-refractivity contribution is 7.94. The number of Topliss-reactive ketones (excluding diaryl/α,β-unsaturated/α-hetero) is 1. The Morgan fingerprint density at radius 1 is 0.721 bits per heavy atom. The minimum atomic E-state index is -4.67. The first-order valence-corrected chi connectivity index (χ1v) is 17.3. The molecule has 6 nitrogen and oxygen atoms in total. The van der Waals surface area contributed by atoms with Crippen LogP contribution in [0.3, 0.4) is 0 Å². The summed E-state index contributed by atoms with van der Waals surface area (Å²) in [6.45, 7) is 10.3. The number of fused-ring (bicyclic) bond motifs is 2. The number of carbonyl (C=O) groups excluding carboxylic acids is 1. The zero-order valence-electron chi connectivity index (χ0n) is 25.1. The van der Waals surface area contributed by atoms with Gasteiger partial charge in [-0.2, -0.15) is 0 Å². The minimum Gasteiger partial charge on any atom is -0.382 e. The van der Waals surface area contributed by atoms with Crippen LogP contribution in [0.4, 0.5) is 0 Å². The van der Waals surface area contributed by atoms with E-state index in [4.69, 9.17) is 0 Å². The maximum Gasteiger partial charge on any atom is 0.194 e. The molecule has 8 heteroatoms. The Bertz CT molecular complexity index is 1920. The molecule has 3 aliphatic carbocycles. The van der Waals surface area contributed by atoms with E-state index in [0.717, 1.165) is 16.7 Å². The van der Waals surface area contributed by atoms with E-state index in [9.17, 15) is 26.7 Å². The lowest BCUT2D eigenvalue weighted by Gasteiger charge is -2.42. The Balaban J connectivity index is 1.89. The highest BCUT2D eigenvalue weighted by Crippen LogP contribution is 2.56. The molecule has 0 amide bonds. The molecule has 0 saturated carbocycles. The van der Waals surface area contributed by atoms with Gasteiger partial charge in [-0.1, -0.05) is 80.6 Å². The fourth-order valence-electron chi connectivity index (χ4n) is 6.35. The molecule has 0 bridgehead atoms. The van der Waals surface area contributed by atoms with Crippen molar-refractivity contribution in [1.29, 1.82) is 0 Å². The van der Waals surface area contributed by atoms with Crippen LogP contribution < -0.4 is 0 Å². The summed E-state index contributed by atoms with van der Waals surface area (Å²) < 4.78 is 55.0. The Kier molecular flexibility index (Phi) is 7.56. The molecule has 0 aliphatic heterocycles. The Hall–Kier alpha value is -3.59. The fourth-order valence-corrected chi connectivity index (χ4v) is 10.2. The third kappa shape index (κ3) is 4.33. The van der Waals surface area contributed by atoms with E-state index in [-0.39, 0.29) is 26.9 Å². The standard InChI is InChI=1S/C35H36O6S2/c1-22(2)26-19-17-24(4)31-29(21-26)23(3)18-20-30-32(31)33(36)34(6,43(40,41)28-15-11-8-12-16-28)35(30,37)25(5)42(38,39)27-13-9-7-10-14-27/h7-22,25,37H,1-6H3. The highest BCUT2D eigenvalue weighted by atomic mass is 32.2. The van der Waals surface area contributed by atoms with Gasteiger partial charge in [-0.05, 0) is 91.3 Å². The van der Waals surface area contributed by atoms with Crippen LogP contribution in [0.5, 0.6) is 0 Å². The third-order valence-corrected chi connectivity index (χ3v) is 13.8. The zero-order valence-corrected chi connectivity index (χ0v) is 26.8. The number of benzene rings is 2. The maximum atomic E-state index is 14.9. The van der Waals surface area contributed by atoms with E-state index in [1.807, 2.05) is 32.1 Å². The molecule has 1 N–H and O–H groups in total. The smallest absolute Gasteiger partial charge is 0.194 e. The summed E-state index contributed by atoms with van der Waals surface area (Å²) in [7, 11) is -9.02. The quantitative estimate of drug-likeness (QED) is 0.424. The summed E-state index contributed by atoms with van der Waals surface area (Å²) >= 11 is 0. The number of hydrogen-bond acceptors (Lipinski definition) is 6. The number of carbonyl (C=O) groups is 1. The summed E-state index contributed by atoms with van der Waals surface area (Å²) in [6.07, 6.45) is 9.10. The lowest BCUT2D eigenvalue weighted by Crippen LogP contribution is -2.65. The van der Waals surface area contributed by atoms with Crippen LogP contribution in [-0.4, -0.2) is 43.3 Å². The van der Waals surface area contributed by atoms with E-state index >= 15 is 0 Å². The van der Waals surface area contributed by atoms with Gasteiger partial charge in [-0.25, -0.2) is 16.8 Å². The van der Waals surface area contributed by atoms with Gasteiger partial charge in [0.2, 0.25) is 0 Å². The van der Waals surface area contributed by atoms with Crippen molar-refractivity contribution in [2.75, 3.05) is 0 Å². The average molecular weight is 617 g/mol. The van der Waals surface area contributed by atoms with E-state index in [1.165, 1.54) is 56.3 Å². The van der Waals surface area contributed by atoms with Crippen molar-refractivity contribution in [3.05, 3.63) is 130 Å². The molecule has 0 spiro atoms. The van der Waals surface area contributed by atoms with Gasteiger partial charge < -0.3 is 5.11 Å². The molecule has 43 heavy (non-hydrogen) atoms. The number of aliphatic hydroxyl groups is 1. The topological polar surface area (TPSA) is 106 Å². The van der Waals surface area contributed by atoms with Gasteiger partial charge in [-0.15, -0.1) is 0 Å². The predicted molar refractivity (Wildman–Crippen MR) is 169 cm³/mol. The van der Waals surface area contributed by atoms with Crippen LogP contribution in [0.25, 0.3) is 0 Å². The molecule has 0 aromatic heterocycles. The molecule has 0 radical (unpaired) electrons. The summed E-state index contributed by atoms with van der Waals surface area (Å²) in [5, 5.41) is 11.2. The summed E-state index contributed by atoms with van der Waals surface area (Å²) in [4.78, 5) is 14.7. The van der Waals surface area contributed by atoms with Gasteiger partial charge in [0.25, 0.3) is 0 Å². The van der Waals surface area contributed by atoms with Gasteiger partial charge in [0, 0.05) is 5.57 Å². The average Bonchev–Trinajstić information content (AvgIpc) is 3.14. The van der Waals surface area contributed by atoms with E-state index in [0.29, 0.717) is 11.1 Å². The SMILES string of the molecule is CC1=C2C=C(C(C)C)C=CC(C)=C2C2=C(C=C1)C(O)(C(C)S(=O)(=O)c1ccccc1)C(C)(S(=O)(=O)c1ccccc1)C2=O. The fraction of sp³-hybridized carbons (Fsp3) is 0.286. The van der Waals surface area contributed by atoms with Crippen molar-refractivity contribution in [3.63, 3.8) is 0 Å². The molecular formula is C35H36O6S2. The van der Waals surface area contributed by atoms with Crippen LogP contribution in [0.15, 0.2) is 140 Å². The molecule has 224 valence electrons. The summed E-state index contributed by atoms with van der Waals surface area (Å²) in [5.41, 5.74) is 1.06. The van der Waals surface area contributed by atoms with Gasteiger partial charge in [0.15, 0.2) is 30.2 Å². The number of allylic oxidation sites excluding steroid dienone is 10. The van der Waals surface area contributed by atoms with Crippen molar-refractivity contribution in [2.45, 2.75) is 66.9 Å². The van der Waals surface area contributed by atoms with Crippen LogP contribution in [0, 0.1) is 5.92 Å². The monoisotopic (exact) mass is 616 g/mol. The minimum absolute atomic E-state index is 0.0196. The van der Waals surface area contributed by atoms with Crippen molar-refractivity contribution >= 4 is 25.5 Å². The first kappa shape index (κ1) is 30.9. The Morgan fingerprint density at radius 3 is 1.81 bits per heavy atom. The largest absolute Gasteiger partial charge is 0.382 e. The molecule has 5 rings (SSSR count). The molecule has 0 saturated heterocycles. The number of rotatable bonds is 6. The summed E-state index contributed by atoms with van der Waals surface area (Å²) in [6, 6.07) is 15.0. The van der Waals surface area contributed by atoms with Crippen molar-refractivity contribution in [2.24, 2.45) is 5.92 Å². The van der Waals surface area contributed by atoms with E-state index < -0.39 is 41.1 Å². The first-order chi connectivity index (χ1) is 20.1. The van der Waals surface area contributed by atoms with Gasteiger partial charge in [0.1, 0.15) is 5.60 Å². The van der Waals surface area contributed by atoms with Crippen molar-refractivity contribution < 1.29 is 26.7 Å². The second-order valence-electron chi connectivity index (χ2n) is 11.9. The van der Waals surface area contributed by atoms with Crippen LogP contribution in [0.2, 0.25) is 0 Å². The first-order valence-electron chi connectivity index (χ1n) is 14.2. The lowest BCUT2D eigenvalue weighted by molar-refractivity contribution is -0.120. The van der Waals surface area contributed by atoms with E-state index in [2.05, 4.69) is 13.8 Å². The van der Waals surface area contributed by atoms with Crippen molar-refractivity contribution in [3.8, 4) is 0 Å². The van der Waals surface area contributed by atoms with Gasteiger partial charge in [-0.3, -0.25) is 4.79 Å². The van der Waals surface area contributed by atoms with Crippen LogP contribution >= 0.6 is 0 Å². The second-order valence-corrected chi connectivity index (χ2v) is 16.4. The van der Waals surface area contributed by atoms with Crippen molar-refractivity contribution in [1.82, 2.24) is 0 Å². The molecule has 3 unspecified atom stereocenters. The number of ketones is 1. The maximum absolute atomic E-state index is 14.9. The van der Waals surface area contributed by atoms with Crippen LogP contribution in [-0.2, 0) is 24.5 Å². The summed E-state index contributed by atoms with van der Waals surface area (Å²) in [5.74, 6) is -0.676. The molecular weight excluding hydrogens is 581 g/mol. The lowest BCUT2D eigenvalue weighted by atomic mass is 9.82. The molecule has 2 aromatic rings. The molecule has 3 atom stereocenters. The molecule has 0 fully saturated rings. The Morgan fingerprint density at radius 2 is 1.26 bits per heavy atom. The van der Waals surface area contributed by atoms with Crippen LogP contribution in [0.1, 0.15) is 41.5 Å². The number of hydrogen-bond donors (Lipinski definition) is 1. The van der Waals surface area contributed by atoms with Gasteiger partial charge >= 0.3 is 0 Å². The second kappa shape index (κ2) is 10.5. The number of sulfone groups is 2. The third-order valence-electron chi connectivity index (χ3n) is 9.13. The molecule has 2 aromatic carbocycles. The van der Waals surface area contributed by atoms with Gasteiger partial charge in [0.05, 0.1) is 15.0 Å². The zero-order chi connectivity index (χ0) is 31.5.